The van der Waals surface area contributed by atoms with Crippen LogP contribution in [-0.4, -0.2) is 5.38 Å². The quantitative estimate of drug-likeness (QED) is 0.641. The molecule has 1 aromatic rings. The van der Waals surface area contributed by atoms with Gasteiger partial charge in [0.2, 0.25) is 0 Å². The number of benzene rings is 1. The maximum Gasteiger partial charge on any atom is 0.0359 e. The van der Waals surface area contributed by atoms with Gasteiger partial charge >= 0.3 is 0 Å². The van der Waals surface area contributed by atoms with E-state index in [-0.39, 0.29) is 0 Å². The number of halogens is 1. The maximum atomic E-state index is 6.25. The Morgan fingerprint density at radius 2 is 1.88 bits per heavy atom. The van der Waals surface area contributed by atoms with Gasteiger partial charge in [-0.2, -0.15) is 0 Å². The highest BCUT2D eigenvalue weighted by atomic mass is 35.5. The summed E-state index contributed by atoms with van der Waals surface area (Å²) >= 11 is 6.25. The zero-order valence-corrected chi connectivity index (χ0v) is 11.6. The molecule has 0 nitrogen and oxygen atoms in total. The first kappa shape index (κ1) is 13.6. The highest BCUT2D eigenvalue weighted by Crippen LogP contribution is 2.19. The Balaban J connectivity index is 2.45. The maximum absolute atomic E-state index is 6.25. The molecule has 0 bridgehead atoms. The highest BCUT2D eigenvalue weighted by Gasteiger charge is 2.09. The molecular weight excluding hydrogens is 216 g/mol. The van der Waals surface area contributed by atoms with Gasteiger partial charge in [0.1, 0.15) is 0 Å². The summed E-state index contributed by atoms with van der Waals surface area (Å²) in [7, 11) is 0. The molecule has 0 aliphatic rings. The zero-order chi connectivity index (χ0) is 12.1. The van der Waals surface area contributed by atoms with E-state index in [0.29, 0.717) is 11.3 Å². The third kappa shape index (κ3) is 4.17. The molecule has 0 N–H and O–H groups in total. The molecule has 0 saturated carbocycles. The Labute approximate surface area is 105 Å². The second kappa shape index (κ2) is 6.30. The summed E-state index contributed by atoms with van der Waals surface area (Å²) in [5, 5.41) is 0.324. The van der Waals surface area contributed by atoms with Gasteiger partial charge in [0.15, 0.2) is 0 Å². The van der Waals surface area contributed by atoms with E-state index in [1.807, 2.05) is 0 Å². The molecular formula is C15H23Cl. The average Bonchev–Trinajstić information content (AvgIpc) is 2.22. The van der Waals surface area contributed by atoms with E-state index < -0.39 is 0 Å². The highest BCUT2D eigenvalue weighted by molar-refractivity contribution is 6.20. The van der Waals surface area contributed by atoms with Gasteiger partial charge < -0.3 is 0 Å². The summed E-state index contributed by atoms with van der Waals surface area (Å²) in [6.45, 7) is 8.72. The smallest absolute Gasteiger partial charge is 0.0359 e. The lowest BCUT2D eigenvalue weighted by Gasteiger charge is -2.13. The molecule has 0 radical (unpaired) electrons. The molecule has 0 aliphatic carbocycles. The molecule has 16 heavy (non-hydrogen) atoms. The molecule has 1 rings (SSSR count). The van der Waals surface area contributed by atoms with Crippen LogP contribution in [0.15, 0.2) is 18.2 Å². The second-order valence-electron chi connectivity index (χ2n) is 5.08. The number of hydrogen-bond acceptors (Lipinski definition) is 0. The topological polar surface area (TPSA) is 0 Å². The lowest BCUT2D eigenvalue weighted by atomic mass is 9.98. The van der Waals surface area contributed by atoms with Gasteiger partial charge in [-0.1, -0.05) is 37.6 Å². The van der Waals surface area contributed by atoms with Crippen molar-refractivity contribution in [3.8, 4) is 0 Å². The predicted molar refractivity (Wildman–Crippen MR) is 73.3 cm³/mol. The summed E-state index contributed by atoms with van der Waals surface area (Å²) in [6, 6.07) is 6.69. The van der Waals surface area contributed by atoms with Gasteiger partial charge in [-0.15, -0.1) is 11.6 Å². The fraction of sp³-hybridized carbons (Fsp3) is 0.600. The normalized spacial score (nSPS) is 13.1. The lowest BCUT2D eigenvalue weighted by molar-refractivity contribution is 0.547. The summed E-state index contributed by atoms with van der Waals surface area (Å²) in [5.74, 6) is 0.584. The van der Waals surface area contributed by atoms with E-state index in [2.05, 4.69) is 45.9 Å². The van der Waals surface area contributed by atoms with Crippen molar-refractivity contribution in [2.24, 2.45) is 5.92 Å². The number of hydrogen-bond donors (Lipinski definition) is 0. The molecule has 90 valence electrons. The second-order valence-corrected chi connectivity index (χ2v) is 5.64. The molecule has 1 unspecified atom stereocenters. The van der Waals surface area contributed by atoms with Gasteiger partial charge in [0.25, 0.3) is 0 Å². The van der Waals surface area contributed by atoms with Crippen LogP contribution in [0.5, 0.6) is 0 Å². The van der Waals surface area contributed by atoms with E-state index in [1.54, 1.807) is 0 Å². The Hall–Kier alpha value is -0.490. The van der Waals surface area contributed by atoms with E-state index in [0.717, 1.165) is 12.8 Å². The molecule has 0 aromatic heterocycles. The Morgan fingerprint density at radius 1 is 1.19 bits per heavy atom. The summed E-state index contributed by atoms with van der Waals surface area (Å²) < 4.78 is 0. The predicted octanol–water partition coefficient (Wildman–Crippen LogP) is 4.89. The van der Waals surface area contributed by atoms with Crippen LogP contribution in [0.4, 0.5) is 0 Å². The van der Waals surface area contributed by atoms with Gasteiger partial charge in [0.05, 0.1) is 0 Å². The van der Waals surface area contributed by atoms with Crippen LogP contribution in [0.25, 0.3) is 0 Å². The third-order valence-electron chi connectivity index (χ3n) is 3.15. The SMILES string of the molecule is Cc1ccc(C)c(CCCC(Cl)C(C)C)c1. The molecule has 1 aromatic carbocycles. The number of aryl methyl sites for hydroxylation is 3. The van der Waals surface area contributed by atoms with Gasteiger partial charge in [-0.25, -0.2) is 0 Å². The van der Waals surface area contributed by atoms with Crippen LogP contribution in [0.1, 0.15) is 43.4 Å². The minimum Gasteiger partial charge on any atom is -0.123 e. The summed E-state index contributed by atoms with van der Waals surface area (Å²) in [6.07, 6.45) is 3.46. The Morgan fingerprint density at radius 3 is 2.50 bits per heavy atom. The molecule has 0 heterocycles. The van der Waals surface area contributed by atoms with Crippen molar-refractivity contribution >= 4 is 11.6 Å². The molecule has 0 fully saturated rings. The molecule has 0 aliphatic heterocycles. The van der Waals surface area contributed by atoms with Crippen molar-refractivity contribution in [3.63, 3.8) is 0 Å². The van der Waals surface area contributed by atoms with Crippen molar-refractivity contribution < 1.29 is 0 Å². The minimum absolute atomic E-state index is 0.324. The van der Waals surface area contributed by atoms with Crippen LogP contribution < -0.4 is 0 Å². The van der Waals surface area contributed by atoms with Gasteiger partial charge in [0, 0.05) is 5.38 Å². The fourth-order valence-corrected chi connectivity index (χ4v) is 2.04. The van der Waals surface area contributed by atoms with Crippen molar-refractivity contribution in [1.29, 1.82) is 0 Å². The largest absolute Gasteiger partial charge is 0.123 e. The molecule has 1 heteroatoms. The van der Waals surface area contributed by atoms with Crippen molar-refractivity contribution in [3.05, 3.63) is 34.9 Å². The first-order valence-corrected chi connectivity index (χ1v) is 6.64. The number of alkyl halides is 1. The number of rotatable bonds is 5. The Bertz CT molecular complexity index is 328. The van der Waals surface area contributed by atoms with Crippen LogP contribution in [0, 0.1) is 19.8 Å². The molecule has 0 spiro atoms. The van der Waals surface area contributed by atoms with E-state index >= 15 is 0 Å². The third-order valence-corrected chi connectivity index (χ3v) is 3.88. The van der Waals surface area contributed by atoms with E-state index in [9.17, 15) is 0 Å². The summed E-state index contributed by atoms with van der Waals surface area (Å²) in [5.41, 5.74) is 4.24. The van der Waals surface area contributed by atoms with Gasteiger partial charge in [-0.3, -0.25) is 0 Å². The molecule has 0 saturated heterocycles. The lowest BCUT2D eigenvalue weighted by Crippen LogP contribution is -2.07. The van der Waals surface area contributed by atoms with Crippen molar-refractivity contribution in [2.75, 3.05) is 0 Å². The molecule has 0 amide bonds. The van der Waals surface area contributed by atoms with Crippen LogP contribution in [-0.2, 0) is 6.42 Å². The minimum atomic E-state index is 0.324. The average molecular weight is 239 g/mol. The molecule has 1 atom stereocenters. The van der Waals surface area contributed by atoms with Crippen molar-refractivity contribution in [1.82, 2.24) is 0 Å². The fourth-order valence-electron chi connectivity index (χ4n) is 1.89. The van der Waals surface area contributed by atoms with Crippen LogP contribution in [0.3, 0.4) is 0 Å². The first-order chi connectivity index (χ1) is 7.50. The Kier molecular flexibility index (Phi) is 5.34. The van der Waals surface area contributed by atoms with Crippen LogP contribution in [0.2, 0.25) is 0 Å². The first-order valence-electron chi connectivity index (χ1n) is 6.21. The van der Waals surface area contributed by atoms with Crippen molar-refractivity contribution in [2.45, 2.75) is 52.3 Å². The summed E-state index contributed by atoms with van der Waals surface area (Å²) in [4.78, 5) is 0. The van der Waals surface area contributed by atoms with Crippen LogP contribution >= 0.6 is 11.6 Å². The zero-order valence-electron chi connectivity index (χ0n) is 10.9. The standard InChI is InChI=1S/C15H23Cl/c1-11(2)15(16)7-5-6-14-10-12(3)8-9-13(14)4/h8-11,15H,5-7H2,1-4H3. The van der Waals surface area contributed by atoms with E-state index in [4.69, 9.17) is 11.6 Å². The van der Waals surface area contributed by atoms with E-state index in [1.165, 1.54) is 23.1 Å². The monoisotopic (exact) mass is 238 g/mol. The van der Waals surface area contributed by atoms with Gasteiger partial charge in [-0.05, 0) is 50.2 Å².